The number of hydrogen-bond acceptors (Lipinski definition) is 2. The number of imidazole rings is 1. The fourth-order valence-corrected chi connectivity index (χ4v) is 3.40. The van der Waals surface area contributed by atoms with Gasteiger partial charge in [-0.3, -0.25) is 5.10 Å². The molecule has 0 aliphatic carbocycles. The lowest BCUT2D eigenvalue weighted by Crippen LogP contribution is -1.87. The van der Waals surface area contributed by atoms with Gasteiger partial charge in [-0.25, -0.2) is 13.8 Å². The molecule has 29 heavy (non-hydrogen) atoms. The molecule has 0 saturated carbocycles. The Morgan fingerprint density at radius 3 is 2.55 bits per heavy atom. The number of nitrogens with zero attached hydrogens (tertiary/aromatic N) is 2. The highest BCUT2D eigenvalue weighted by Gasteiger charge is 2.14. The quantitative estimate of drug-likeness (QED) is 0.374. The molecule has 0 saturated heterocycles. The topological polar surface area (TPSA) is 57.4 Å². The maximum atomic E-state index is 14.7. The first-order chi connectivity index (χ1) is 14.1. The number of benzene rings is 3. The van der Waals surface area contributed by atoms with Gasteiger partial charge < -0.3 is 4.98 Å². The zero-order chi connectivity index (χ0) is 20.0. The van der Waals surface area contributed by atoms with Gasteiger partial charge in [0.15, 0.2) is 0 Å². The van der Waals surface area contributed by atoms with Gasteiger partial charge in [0.1, 0.15) is 17.5 Å². The van der Waals surface area contributed by atoms with E-state index in [0.29, 0.717) is 33.1 Å². The molecule has 0 unspecified atom stereocenters. The third-order valence-corrected chi connectivity index (χ3v) is 4.92. The molecule has 5 aromatic rings. The average molecular weight is 407 g/mol. The predicted molar refractivity (Wildman–Crippen MR) is 111 cm³/mol. The molecule has 7 heteroatoms. The van der Waals surface area contributed by atoms with Gasteiger partial charge in [0.05, 0.1) is 27.8 Å². The first kappa shape index (κ1) is 17.6. The van der Waals surface area contributed by atoms with E-state index >= 15 is 0 Å². The molecule has 0 bridgehead atoms. The Kier molecular flexibility index (Phi) is 4.14. The predicted octanol–water partition coefficient (Wildman–Crippen LogP) is 6.21. The fraction of sp³-hybridized carbons (Fsp3) is 0. The Bertz CT molecular complexity index is 1380. The Balaban J connectivity index is 1.58. The van der Waals surface area contributed by atoms with Crippen molar-refractivity contribution in [1.29, 1.82) is 0 Å². The van der Waals surface area contributed by atoms with E-state index in [1.54, 1.807) is 42.5 Å². The molecule has 0 spiro atoms. The lowest BCUT2D eigenvalue weighted by Gasteiger charge is -2.00. The highest BCUT2D eigenvalue weighted by Crippen LogP contribution is 2.29. The Labute approximate surface area is 168 Å². The van der Waals surface area contributed by atoms with Gasteiger partial charge in [-0.1, -0.05) is 29.8 Å². The van der Waals surface area contributed by atoms with E-state index in [9.17, 15) is 8.78 Å². The van der Waals surface area contributed by atoms with Gasteiger partial charge in [0.2, 0.25) is 0 Å². The van der Waals surface area contributed by atoms with Gasteiger partial charge >= 0.3 is 0 Å². The molecular formula is C22H13ClF2N4. The second-order valence-corrected chi connectivity index (χ2v) is 7.05. The van der Waals surface area contributed by atoms with Gasteiger partial charge in [-0.15, -0.1) is 0 Å². The van der Waals surface area contributed by atoms with Gasteiger partial charge in [0.25, 0.3) is 0 Å². The lowest BCUT2D eigenvalue weighted by molar-refractivity contribution is 0.627. The number of aromatic amines is 2. The third kappa shape index (κ3) is 3.28. The van der Waals surface area contributed by atoms with Crippen molar-refractivity contribution in [2.75, 3.05) is 0 Å². The SMILES string of the molecule is Fc1ccc(/C=C/c2n[nH]c3cc(F)c(-c4nc5ccc(Cl)cc5[nH]4)cc23)cc1. The fourth-order valence-electron chi connectivity index (χ4n) is 3.23. The third-order valence-electron chi connectivity index (χ3n) is 4.68. The van der Waals surface area contributed by atoms with E-state index < -0.39 is 5.82 Å². The summed E-state index contributed by atoms with van der Waals surface area (Å²) >= 11 is 6.02. The molecule has 142 valence electrons. The molecule has 0 radical (unpaired) electrons. The summed E-state index contributed by atoms with van der Waals surface area (Å²) in [6.45, 7) is 0. The van der Waals surface area contributed by atoms with Crippen molar-refractivity contribution in [2.45, 2.75) is 0 Å². The van der Waals surface area contributed by atoms with Crippen LogP contribution in [0.3, 0.4) is 0 Å². The van der Waals surface area contributed by atoms with Crippen molar-refractivity contribution in [3.63, 3.8) is 0 Å². The highest BCUT2D eigenvalue weighted by molar-refractivity contribution is 6.31. The highest BCUT2D eigenvalue weighted by atomic mass is 35.5. The zero-order valence-corrected chi connectivity index (χ0v) is 15.6. The van der Waals surface area contributed by atoms with E-state index in [2.05, 4.69) is 20.2 Å². The van der Waals surface area contributed by atoms with Gasteiger partial charge in [-0.2, -0.15) is 5.10 Å². The molecule has 3 aromatic carbocycles. The molecule has 0 atom stereocenters. The average Bonchev–Trinajstić information content (AvgIpc) is 3.30. The second kappa shape index (κ2) is 6.83. The van der Waals surface area contributed by atoms with Crippen molar-refractivity contribution in [1.82, 2.24) is 20.2 Å². The lowest BCUT2D eigenvalue weighted by atomic mass is 10.1. The number of halogens is 3. The summed E-state index contributed by atoms with van der Waals surface area (Å²) in [6.07, 6.45) is 3.62. The molecule has 4 nitrogen and oxygen atoms in total. The summed E-state index contributed by atoms with van der Waals surface area (Å²) in [5.74, 6) is -0.295. The molecule has 0 aliphatic heterocycles. The van der Waals surface area contributed by atoms with Crippen LogP contribution in [0.2, 0.25) is 5.02 Å². The van der Waals surface area contributed by atoms with E-state index in [1.165, 1.54) is 18.2 Å². The molecule has 2 N–H and O–H groups in total. The maximum absolute atomic E-state index is 14.7. The number of fused-ring (bicyclic) bond motifs is 2. The normalized spacial score (nSPS) is 11.8. The van der Waals surface area contributed by atoms with E-state index in [0.717, 1.165) is 16.5 Å². The van der Waals surface area contributed by atoms with Crippen LogP contribution in [0.1, 0.15) is 11.3 Å². The number of rotatable bonds is 3. The largest absolute Gasteiger partial charge is 0.338 e. The molecular weight excluding hydrogens is 394 g/mol. The van der Waals surface area contributed by atoms with Crippen LogP contribution in [-0.4, -0.2) is 20.2 Å². The van der Waals surface area contributed by atoms with Crippen LogP contribution < -0.4 is 0 Å². The Morgan fingerprint density at radius 2 is 1.72 bits per heavy atom. The van der Waals surface area contributed by atoms with Crippen LogP contribution in [-0.2, 0) is 0 Å². The second-order valence-electron chi connectivity index (χ2n) is 6.62. The number of aromatic nitrogens is 4. The van der Waals surface area contributed by atoms with Crippen LogP contribution in [0.4, 0.5) is 8.78 Å². The molecule has 5 rings (SSSR count). The maximum Gasteiger partial charge on any atom is 0.141 e. The summed E-state index contributed by atoms with van der Waals surface area (Å²) in [7, 11) is 0. The number of H-pyrrole nitrogens is 2. The molecule has 0 amide bonds. The minimum absolute atomic E-state index is 0.292. The van der Waals surface area contributed by atoms with Gasteiger partial charge in [0, 0.05) is 16.5 Å². The van der Waals surface area contributed by atoms with Crippen LogP contribution in [0.15, 0.2) is 54.6 Å². The monoisotopic (exact) mass is 406 g/mol. The standard InChI is InChI=1S/C22H13ClF2N4/c23-13-4-8-19-21(9-13)27-22(26-19)15-10-16-18(28-29-20(16)11-17(15)25)7-3-12-1-5-14(24)6-2-12/h1-11H,(H,26,27)(H,28,29)/b7-3+. The van der Waals surface area contributed by atoms with E-state index in [-0.39, 0.29) is 5.82 Å². The summed E-state index contributed by atoms with van der Waals surface area (Å²) in [6, 6.07) is 14.5. The van der Waals surface area contributed by atoms with Crippen molar-refractivity contribution in [2.24, 2.45) is 0 Å². The molecule has 0 fully saturated rings. The molecule has 0 aliphatic rings. The molecule has 2 aromatic heterocycles. The van der Waals surface area contributed by atoms with E-state index in [1.807, 2.05) is 6.08 Å². The summed E-state index contributed by atoms with van der Waals surface area (Å²) in [5.41, 5.74) is 3.82. The zero-order valence-electron chi connectivity index (χ0n) is 14.9. The summed E-state index contributed by atoms with van der Waals surface area (Å²) in [5, 5.41) is 8.42. The Hall–Kier alpha value is -3.51. The smallest absolute Gasteiger partial charge is 0.141 e. The van der Waals surface area contributed by atoms with Gasteiger partial charge in [-0.05, 0) is 48.0 Å². The van der Waals surface area contributed by atoms with Crippen LogP contribution in [0.5, 0.6) is 0 Å². The van der Waals surface area contributed by atoms with Crippen LogP contribution in [0.25, 0.3) is 45.5 Å². The first-order valence-electron chi connectivity index (χ1n) is 8.84. The number of nitrogens with one attached hydrogen (secondary N) is 2. The van der Waals surface area contributed by atoms with Crippen molar-refractivity contribution < 1.29 is 8.78 Å². The van der Waals surface area contributed by atoms with Crippen LogP contribution >= 0.6 is 11.6 Å². The summed E-state index contributed by atoms with van der Waals surface area (Å²) in [4.78, 5) is 7.58. The number of hydrogen-bond donors (Lipinski definition) is 2. The minimum atomic E-state index is -0.416. The van der Waals surface area contributed by atoms with Crippen molar-refractivity contribution in [3.05, 3.63) is 82.5 Å². The minimum Gasteiger partial charge on any atom is -0.338 e. The first-order valence-corrected chi connectivity index (χ1v) is 9.21. The van der Waals surface area contributed by atoms with Crippen LogP contribution in [0, 0.1) is 11.6 Å². The van der Waals surface area contributed by atoms with Crippen molar-refractivity contribution >= 4 is 45.7 Å². The van der Waals surface area contributed by atoms with E-state index in [4.69, 9.17) is 11.6 Å². The Morgan fingerprint density at radius 1 is 0.897 bits per heavy atom. The molecule has 2 heterocycles. The van der Waals surface area contributed by atoms with Crippen molar-refractivity contribution in [3.8, 4) is 11.4 Å². The summed E-state index contributed by atoms with van der Waals surface area (Å²) < 4.78 is 27.8.